The molecule has 1 aromatic carbocycles. The largest absolute Gasteiger partial charge is 0.504 e. The average Bonchev–Trinajstić information content (AvgIpc) is 2.77. The second-order valence-electron chi connectivity index (χ2n) is 4.31. The van der Waals surface area contributed by atoms with Crippen molar-refractivity contribution in [2.24, 2.45) is 0 Å². The Morgan fingerprint density at radius 3 is 2.78 bits per heavy atom. The number of aromatic hydroxyl groups is 1. The number of rotatable bonds is 4. The Morgan fingerprint density at radius 1 is 1.52 bits per heavy atom. The highest BCUT2D eigenvalue weighted by Crippen LogP contribution is 2.38. The molecule has 1 aliphatic rings. The molecule has 0 aliphatic carbocycles. The van der Waals surface area contributed by atoms with Gasteiger partial charge in [-0.2, -0.15) is 0 Å². The van der Waals surface area contributed by atoms with Crippen LogP contribution < -0.4 is 4.74 Å². The van der Waals surface area contributed by atoms with E-state index in [0.717, 1.165) is 17.0 Å². The number of carbonyl (C=O) groups excluding carboxylic acids is 2. The molecule has 1 aromatic rings. The summed E-state index contributed by atoms with van der Waals surface area (Å²) in [5.74, 6) is 1.08. The topological polar surface area (TPSA) is 110 Å². The third-order valence-electron chi connectivity index (χ3n) is 2.93. The summed E-state index contributed by atoms with van der Waals surface area (Å²) in [6.07, 6.45) is 6.28. The Labute approximate surface area is 134 Å². The van der Waals surface area contributed by atoms with Crippen LogP contribution in [0.5, 0.6) is 11.5 Å². The lowest BCUT2D eigenvalue weighted by atomic mass is 10.1. The lowest BCUT2D eigenvalue weighted by molar-refractivity contribution is -0.385. The predicted octanol–water partition coefficient (Wildman–Crippen LogP) is 1.98. The smallest absolute Gasteiger partial charge is 0.294 e. The molecule has 0 spiro atoms. The lowest BCUT2D eigenvalue weighted by Crippen LogP contribution is -2.28. The highest BCUT2D eigenvalue weighted by Gasteiger charge is 2.34. The van der Waals surface area contributed by atoms with Gasteiger partial charge < -0.3 is 9.84 Å². The maximum Gasteiger partial charge on any atom is 0.294 e. The molecular formula is C14H10N2O6S. The number of hydrogen-bond donors (Lipinski definition) is 1. The van der Waals surface area contributed by atoms with Crippen LogP contribution in [0.2, 0.25) is 0 Å². The van der Waals surface area contributed by atoms with E-state index in [9.17, 15) is 24.8 Å². The Balaban J connectivity index is 2.49. The van der Waals surface area contributed by atoms with Gasteiger partial charge in [-0.3, -0.25) is 24.6 Å². The number of thioether (sulfide) groups is 1. The van der Waals surface area contributed by atoms with Crippen molar-refractivity contribution in [2.45, 2.75) is 0 Å². The van der Waals surface area contributed by atoms with E-state index in [4.69, 9.17) is 11.2 Å². The molecule has 0 bridgehead atoms. The number of phenols is 1. The standard InChI is InChI=1S/C14H10N2O6S/c1-3-4-15-13(18)11(23-14(15)19)6-8-5-9(16(20)21)7-10(22-2)12(8)17/h1,5-7,17H,4H2,2H3. The molecule has 9 heteroatoms. The minimum absolute atomic E-state index is 0.00287. The van der Waals surface area contributed by atoms with Crippen LogP contribution in [0.25, 0.3) is 6.08 Å². The van der Waals surface area contributed by atoms with Gasteiger partial charge in [0, 0.05) is 11.6 Å². The number of nitrogens with zero attached hydrogens (tertiary/aromatic N) is 2. The van der Waals surface area contributed by atoms with E-state index in [1.807, 2.05) is 0 Å². The van der Waals surface area contributed by atoms with Crippen LogP contribution in [0.15, 0.2) is 17.0 Å². The van der Waals surface area contributed by atoms with Crippen molar-refractivity contribution in [1.82, 2.24) is 4.90 Å². The summed E-state index contributed by atoms with van der Waals surface area (Å²) in [6, 6.07) is 2.13. The van der Waals surface area contributed by atoms with Gasteiger partial charge >= 0.3 is 0 Å². The van der Waals surface area contributed by atoms with Crippen LogP contribution in [0.3, 0.4) is 0 Å². The molecule has 0 saturated carbocycles. The average molecular weight is 334 g/mol. The first kappa shape index (κ1) is 16.4. The Bertz CT molecular complexity index is 780. The Morgan fingerprint density at radius 2 is 2.22 bits per heavy atom. The molecule has 0 unspecified atom stereocenters. The zero-order valence-corrected chi connectivity index (χ0v) is 12.6. The first-order valence-electron chi connectivity index (χ1n) is 6.13. The number of hydrogen-bond acceptors (Lipinski definition) is 7. The van der Waals surface area contributed by atoms with E-state index in [1.54, 1.807) is 0 Å². The molecule has 1 N–H and O–H groups in total. The maximum atomic E-state index is 12.1. The number of terminal acetylenes is 1. The molecule has 1 aliphatic heterocycles. The number of phenolic OH excluding ortho intramolecular Hbond substituents is 1. The monoisotopic (exact) mass is 334 g/mol. The molecule has 1 fully saturated rings. The first-order valence-corrected chi connectivity index (χ1v) is 6.95. The summed E-state index contributed by atoms with van der Waals surface area (Å²) in [7, 11) is 1.24. The molecule has 2 rings (SSSR count). The lowest BCUT2D eigenvalue weighted by Gasteiger charge is -2.07. The van der Waals surface area contributed by atoms with Crippen molar-refractivity contribution in [2.75, 3.05) is 13.7 Å². The zero-order valence-electron chi connectivity index (χ0n) is 11.8. The highest BCUT2D eigenvalue weighted by molar-refractivity contribution is 8.18. The van der Waals surface area contributed by atoms with E-state index < -0.39 is 16.1 Å². The SMILES string of the molecule is C#CCN1C(=O)SC(=Cc2cc([N+](=O)[O-])cc(OC)c2O)C1=O. The van der Waals surface area contributed by atoms with E-state index in [1.165, 1.54) is 13.2 Å². The molecule has 1 heterocycles. The van der Waals surface area contributed by atoms with Crippen LogP contribution in [-0.4, -0.2) is 39.7 Å². The molecular weight excluding hydrogens is 324 g/mol. The second kappa shape index (κ2) is 6.41. The molecule has 23 heavy (non-hydrogen) atoms. The zero-order chi connectivity index (χ0) is 17.1. The Kier molecular flexibility index (Phi) is 4.57. The van der Waals surface area contributed by atoms with Gasteiger partial charge in [0.05, 0.1) is 29.5 Å². The van der Waals surface area contributed by atoms with Crippen molar-refractivity contribution >= 4 is 34.7 Å². The van der Waals surface area contributed by atoms with Crippen LogP contribution in [-0.2, 0) is 4.79 Å². The van der Waals surface area contributed by atoms with Crippen LogP contribution >= 0.6 is 11.8 Å². The van der Waals surface area contributed by atoms with Crippen molar-refractivity contribution in [1.29, 1.82) is 0 Å². The number of nitro groups is 1. The highest BCUT2D eigenvalue weighted by atomic mass is 32.2. The number of amides is 2. The fourth-order valence-electron chi connectivity index (χ4n) is 1.85. The normalized spacial score (nSPS) is 15.8. The van der Waals surface area contributed by atoms with Gasteiger partial charge in [0.1, 0.15) is 0 Å². The van der Waals surface area contributed by atoms with Gasteiger partial charge in [0.25, 0.3) is 16.8 Å². The summed E-state index contributed by atoms with van der Waals surface area (Å²) >= 11 is 0.634. The number of methoxy groups -OCH3 is 1. The van der Waals surface area contributed by atoms with Crippen LogP contribution in [0, 0.1) is 22.5 Å². The van der Waals surface area contributed by atoms with Crippen LogP contribution in [0.1, 0.15) is 5.56 Å². The van der Waals surface area contributed by atoms with Crippen molar-refractivity contribution in [3.8, 4) is 23.8 Å². The number of nitro benzene ring substituents is 1. The quantitative estimate of drug-likeness (QED) is 0.388. The van der Waals surface area contributed by atoms with E-state index in [2.05, 4.69) is 5.92 Å². The van der Waals surface area contributed by atoms with Crippen molar-refractivity contribution in [3.63, 3.8) is 0 Å². The summed E-state index contributed by atoms with van der Waals surface area (Å²) in [5, 5.41) is 20.4. The Hall–Kier alpha value is -2.99. The van der Waals surface area contributed by atoms with Crippen molar-refractivity contribution in [3.05, 3.63) is 32.7 Å². The van der Waals surface area contributed by atoms with Crippen molar-refractivity contribution < 1.29 is 24.4 Å². The minimum Gasteiger partial charge on any atom is -0.504 e. The van der Waals surface area contributed by atoms with E-state index >= 15 is 0 Å². The first-order chi connectivity index (χ1) is 10.9. The molecule has 0 atom stereocenters. The van der Waals surface area contributed by atoms with Gasteiger partial charge in [-0.1, -0.05) is 5.92 Å². The molecule has 0 aromatic heterocycles. The molecule has 0 radical (unpaired) electrons. The summed E-state index contributed by atoms with van der Waals surface area (Å²) in [5.41, 5.74) is -0.337. The second-order valence-corrected chi connectivity index (χ2v) is 5.31. The van der Waals surface area contributed by atoms with E-state index in [-0.39, 0.29) is 34.2 Å². The molecule has 2 amide bonds. The van der Waals surface area contributed by atoms with Gasteiger partial charge in [0.15, 0.2) is 11.5 Å². The molecule has 1 saturated heterocycles. The summed E-state index contributed by atoms with van der Waals surface area (Å²) < 4.78 is 4.87. The fourth-order valence-corrected chi connectivity index (χ4v) is 2.68. The number of benzene rings is 1. The third kappa shape index (κ3) is 3.12. The predicted molar refractivity (Wildman–Crippen MR) is 82.8 cm³/mol. The summed E-state index contributed by atoms with van der Waals surface area (Å²) in [4.78, 5) is 34.9. The van der Waals surface area contributed by atoms with Crippen LogP contribution in [0.4, 0.5) is 10.5 Å². The number of imide groups is 1. The van der Waals surface area contributed by atoms with E-state index in [0.29, 0.717) is 11.8 Å². The van der Waals surface area contributed by atoms with Gasteiger partial charge in [0.2, 0.25) is 0 Å². The number of carbonyl (C=O) groups is 2. The minimum atomic E-state index is -0.663. The number of non-ortho nitro benzene ring substituents is 1. The maximum absolute atomic E-state index is 12.1. The molecule has 118 valence electrons. The molecule has 8 nitrogen and oxygen atoms in total. The van der Waals surface area contributed by atoms with Gasteiger partial charge in [-0.15, -0.1) is 6.42 Å². The number of ether oxygens (including phenoxy) is 1. The summed E-state index contributed by atoms with van der Waals surface area (Å²) in [6.45, 7) is -0.174. The van der Waals surface area contributed by atoms with Gasteiger partial charge in [-0.05, 0) is 17.8 Å². The van der Waals surface area contributed by atoms with Gasteiger partial charge in [-0.25, -0.2) is 0 Å². The third-order valence-corrected chi connectivity index (χ3v) is 3.84. The fraction of sp³-hybridized carbons (Fsp3) is 0.143.